The summed E-state index contributed by atoms with van der Waals surface area (Å²) < 4.78 is 11.0. The normalized spacial score (nSPS) is 11.5. The van der Waals surface area contributed by atoms with E-state index >= 15 is 0 Å². The summed E-state index contributed by atoms with van der Waals surface area (Å²) in [5, 5.41) is 2.79. The van der Waals surface area contributed by atoms with Gasteiger partial charge in [-0.15, -0.1) is 0 Å². The predicted molar refractivity (Wildman–Crippen MR) is 100.0 cm³/mol. The van der Waals surface area contributed by atoms with Crippen LogP contribution in [0.5, 0.6) is 5.75 Å². The fraction of sp³-hybridized carbons (Fsp3) is 0.300. The van der Waals surface area contributed by atoms with Crippen LogP contribution < -0.4 is 10.1 Å². The molecule has 0 aliphatic rings. The van der Waals surface area contributed by atoms with Gasteiger partial charge in [-0.2, -0.15) is 0 Å². The fourth-order valence-corrected chi connectivity index (χ4v) is 2.02. The van der Waals surface area contributed by atoms with Crippen LogP contribution >= 0.6 is 0 Å². The molecule has 0 spiro atoms. The summed E-state index contributed by atoms with van der Waals surface area (Å²) >= 11 is 0. The number of nitrogens with one attached hydrogen (secondary N) is 1. The lowest BCUT2D eigenvalue weighted by Crippen LogP contribution is -2.28. The second-order valence-electron chi connectivity index (χ2n) is 6.03. The maximum Gasteiger partial charge on any atom is 0.259 e. The van der Waals surface area contributed by atoms with Crippen molar-refractivity contribution in [2.45, 2.75) is 19.6 Å². The lowest BCUT2D eigenvalue weighted by molar-refractivity contribution is -0.130. The first-order valence-electron chi connectivity index (χ1n) is 8.35. The molecule has 0 heterocycles. The molecule has 0 aliphatic carbocycles. The Kier molecular flexibility index (Phi) is 7.17. The van der Waals surface area contributed by atoms with Crippen molar-refractivity contribution in [3.63, 3.8) is 0 Å². The number of carbonyl (C=O) groups is 2. The van der Waals surface area contributed by atoms with Crippen molar-refractivity contribution >= 4 is 17.5 Å². The Labute approximate surface area is 153 Å². The summed E-state index contributed by atoms with van der Waals surface area (Å²) in [4.78, 5) is 25.2. The number of hydrogen-bond donors (Lipinski definition) is 1. The minimum Gasteiger partial charge on any atom is -0.484 e. The SMILES string of the molecule is C[C@H](OCc1ccccc1)C(=O)Nc1ccc(OCC(=O)N(C)C)cc1. The molecule has 0 bridgehead atoms. The minimum atomic E-state index is -0.580. The van der Waals surface area contributed by atoms with E-state index in [1.807, 2.05) is 30.3 Å². The van der Waals surface area contributed by atoms with E-state index in [2.05, 4.69) is 5.32 Å². The highest BCUT2D eigenvalue weighted by atomic mass is 16.5. The highest BCUT2D eigenvalue weighted by Crippen LogP contribution is 2.16. The molecule has 6 heteroatoms. The molecule has 2 aromatic rings. The van der Waals surface area contributed by atoms with E-state index in [0.29, 0.717) is 18.0 Å². The summed E-state index contributed by atoms with van der Waals surface area (Å²) in [5.74, 6) is 0.218. The van der Waals surface area contributed by atoms with Gasteiger partial charge in [0.05, 0.1) is 6.61 Å². The molecule has 2 aromatic carbocycles. The monoisotopic (exact) mass is 356 g/mol. The number of amides is 2. The number of rotatable bonds is 8. The van der Waals surface area contributed by atoms with E-state index in [9.17, 15) is 9.59 Å². The lowest BCUT2D eigenvalue weighted by Gasteiger charge is -2.14. The van der Waals surface area contributed by atoms with Crippen molar-refractivity contribution < 1.29 is 19.1 Å². The smallest absolute Gasteiger partial charge is 0.259 e. The van der Waals surface area contributed by atoms with Gasteiger partial charge < -0.3 is 19.7 Å². The van der Waals surface area contributed by atoms with Crippen LogP contribution in [-0.4, -0.2) is 43.5 Å². The number of benzene rings is 2. The quantitative estimate of drug-likeness (QED) is 0.790. The Bertz CT molecular complexity index is 714. The first-order valence-corrected chi connectivity index (χ1v) is 8.35. The second kappa shape index (κ2) is 9.58. The van der Waals surface area contributed by atoms with Crippen molar-refractivity contribution in [3.05, 3.63) is 60.2 Å². The van der Waals surface area contributed by atoms with Crippen LogP contribution in [0.15, 0.2) is 54.6 Å². The predicted octanol–water partition coefficient (Wildman–Crippen LogP) is 2.70. The topological polar surface area (TPSA) is 67.9 Å². The van der Waals surface area contributed by atoms with Crippen molar-refractivity contribution in [2.75, 3.05) is 26.0 Å². The van der Waals surface area contributed by atoms with Crippen LogP contribution in [0, 0.1) is 0 Å². The molecule has 0 radical (unpaired) electrons. The Hall–Kier alpha value is -2.86. The van der Waals surface area contributed by atoms with Gasteiger partial charge in [-0.1, -0.05) is 30.3 Å². The van der Waals surface area contributed by atoms with E-state index in [4.69, 9.17) is 9.47 Å². The van der Waals surface area contributed by atoms with Crippen LogP contribution in [-0.2, 0) is 20.9 Å². The van der Waals surface area contributed by atoms with Gasteiger partial charge in [-0.05, 0) is 36.8 Å². The zero-order valence-corrected chi connectivity index (χ0v) is 15.3. The molecule has 0 saturated carbocycles. The van der Waals surface area contributed by atoms with Crippen LogP contribution in [0.3, 0.4) is 0 Å². The lowest BCUT2D eigenvalue weighted by atomic mass is 10.2. The third-order valence-electron chi connectivity index (χ3n) is 3.70. The van der Waals surface area contributed by atoms with Gasteiger partial charge in [-0.25, -0.2) is 0 Å². The number of ether oxygens (including phenoxy) is 2. The molecule has 138 valence electrons. The second-order valence-corrected chi connectivity index (χ2v) is 6.03. The van der Waals surface area contributed by atoms with Crippen LogP contribution in [0.25, 0.3) is 0 Å². The van der Waals surface area contributed by atoms with Gasteiger partial charge in [0.25, 0.3) is 11.8 Å². The first-order chi connectivity index (χ1) is 12.5. The molecule has 0 aliphatic heterocycles. The number of likely N-dealkylation sites (N-methyl/N-ethyl adjacent to an activating group) is 1. The van der Waals surface area contributed by atoms with Crippen molar-refractivity contribution in [2.24, 2.45) is 0 Å². The summed E-state index contributed by atoms with van der Waals surface area (Å²) in [5.41, 5.74) is 1.65. The summed E-state index contributed by atoms with van der Waals surface area (Å²) in [6, 6.07) is 16.5. The molecule has 0 unspecified atom stereocenters. The van der Waals surface area contributed by atoms with Gasteiger partial charge in [0, 0.05) is 19.8 Å². The number of hydrogen-bond acceptors (Lipinski definition) is 4. The number of nitrogens with zero attached hydrogens (tertiary/aromatic N) is 1. The van der Waals surface area contributed by atoms with E-state index in [1.165, 1.54) is 4.90 Å². The van der Waals surface area contributed by atoms with Crippen LogP contribution in [0.1, 0.15) is 12.5 Å². The first kappa shape index (κ1) is 19.5. The highest BCUT2D eigenvalue weighted by Gasteiger charge is 2.14. The molecule has 2 rings (SSSR count). The maximum absolute atomic E-state index is 12.2. The standard InChI is InChI=1S/C20H24N2O4/c1-15(25-13-16-7-5-4-6-8-16)20(24)21-17-9-11-18(12-10-17)26-14-19(23)22(2)3/h4-12,15H,13-14H2,1-3H3,(H,21,24)/t15-/m0/s1. The highest BCUT2D eigenvalue weighted by molar-refractivity contribution is 5.93. The fourth-order valence-electron chi connectivity index (χ4n) is 2.02. The molecule has 2 amide bonds. The Morgan fingerprint density at radius 2 is 1.69 bits per heavy atom. The van der Waals surface area contributed by atoms with Crippen LogP contribution in [0.4, 0.5) is 5.69 Å². The van der Waals surface area contributed by atoms with Gasteiger partial charge in [0.2, 0.25) is 0 Å². The summed E-state index contributed by atoms with van der Waals surface area (Å²) in [7, 11) is 3.34. The van der Waals surface area contributed by atoms with Gasteiger partial charge in [0.15, 0.2) is 6.61 Å². The largest absolute Gasteiger partial charge is 0.484 e. The van der Waals surface area contributed by atoms with E-state index in [1.54, 1.807) is 45.3 Å². The Morgan fingerprint density at radius 3 is 2.31 bits per heavy atom. The van der Waals surface area contributed by atoms with Crippen molar-refractivity contribution in [3.8, 4) is 5.75 Å². The molecule has 0 fully saturated rings. The van der Waals surface area contributed by atoms with Gasteiger partial charge >= 0.3 is 0 Å². The number of anilines is 1. The zero-order valence-electron chi connectivity index (χ0n) is 15.3. The average Bonchev–Trinajstić information content (AvgIpc) is 2.65. The number of carbonyl (C=O) groups excluding carboxylic acids is 2. The summed E-state index contributed by atoms with van der Waals surface area (Å²) in [6.45, 7) is 2.06. The molecular formula is C20H24N2O4. The molecule has 6 nitrogen and oxygen atoms in total. The van der Waals surface area contributed by atoms with Crippen molar-refractivity contribution in [1.29, 1.82) is 0 Å². The molecule has 0 saturated heterocycles. The summed E-state index contributed by atoms with van der Waals surface area (Å²) in [6.07, 6.45) is -0.580. The zero-order chi connectivity index (χ0) is 18.9. The van der Waals surface area contributed by atoms with Gasteiger partial charge in [-0.3, -0.25) is 9.59 Å². The molecule has 0 aromatic heterocycles. The average molecular weight is 356 g/mol. The van der Waals surface area contributed by atoms with E-state index in [-0.39, 0.29) is 18.4 Å². The van der Waals surface area contributed by atoms with Gasteiger partial charge in [0.1, 0.15) is 11.9 Å². The van der Waals surface area contributed by atoms with Crippen LogP contribution in [0.2, 0.25) is 0 Å². The molecular weight excluding hydrogens is 332 g/mol. The molecule has 1 atom stereocenters. The maximum atomic E-state index is 12.2. The van der Waals surface area contributed by atoms with E-state index in [0.717, 1.165) is 5.56 Å². The third kappa shape index (κ3) is 6.22. The van der Waals surface area contributed by atoms with E-state index < -0.39 is 6.10 Å². The molecule has 26 heavy (non-hydrogen) atoms. The Morgan fingerprint density at radius 1 is 1.04 bits per heavy atom. The third-order valence-corrected chi connectivity index (χ3v) is 3.70. The molecule has 1 N–H and O–H groups in total. The van der Waals surface area contributed by atoms with Crippen molar-refractivity contribution in [1.82, 2.24) is 4.90 Å². The minimum absolute atomic E-state index is 0.0247. The Balaban J connectivity index is 1.80.